The molecule has 0 aliphatic carbocycles. The van der Waals surface area contributed by atoms with Gasteiger partial charge in [-0.2, -0.15) is 0 Å². The molecule has 73 heavy (non-hydrogen) atoms. The summed E-state index contributed by atoms with van der Waals surface area (Å²) in [5.74, 6) is 0.399. The van der Waals surface area contributed by atoms with Crippen LogP contribution in [0.4, 0.5) is 0 Å². The van der Waals surface area contributed by atoms with E-state index in [9.17, 15) is 25.9 Å². The van der Waals surface area contributed by atoms with Crippen LogP contribution >= 0.6 is 0 Å². The van der Waals surface area contributed by atoms with E-state index in [0.717, 1.165) is 51.4 Å². The van der Waals surface area contributed by atoms with Crippen LogP contribution in [-0.2, 0) is 29.2 Å². The van der Waals surface area contributed by atoms with Gasteiger partial charge in [-0.25, -0.2) is 16.8 Å². The summed E-state index contributed by atoms with van der Waals surface area (Å²) >= 11 is 0. The molecule has 0 aromatic rings. The largest absolute Gasteiger partial charge is 2.00 e. The molecule has 0 bridgehead atoms. The Bertz CT molecular complexity index is 1140. The van der Waals surface area contributed by atoms with Crippen molar-refractivity contribution in [1.29, 1.82) is 0 Å². The van der Waals surface area contributed by atoms with E-state index in [4.69, 9.17) is 0 Å². The number of hydrogen-bond donors (Lipinski definition) is 0. The quantitative estimate of drug-likeness (QED) is 0.0254. The Morgan fingerprint density at radius 3 is 0.493 bits per heavy atom. The van der Waals surface area contributed by atoms with Crippen molar-refractivity contribution in [2.45, 2.75) is 374 Å². The molecular formula is C62H126CaO8S2. The van der Waals surface area contributed by atoms with E-state index in [2.05, 4.69) is 36.1 Å². The van der Waals surface area contributed by atoms with Crippen molar-refractivity contribution >= 4 is 58.5 Å². The maximum atomic E-state index is 10.9. The van der Waals surface area contributed by atoms with Crippen molar-refractivity contribution in [1.82, 2.24) is 0 Å². The Balaban J connectivity index is -0.00000132. The molecule has 0 saturated carbocycles. The zero-order valence-electron chi connectivity index (χ0n) is 49.5. The molecule has 0 amide bonds. The van der Waals surface area contributed by atoms with E-state index in [1.165, 1.54) is 295 Å². The first-order chi connectivity index (χ1) is 35.0. The maximum Gasteiger partial charge on any atom is 2.00 e. The van der Waals surface area contributed by atoms with Crippen molar-refractivity contribution in [3.63, 3.8) is 0 Å². The normalized spacial score (nSPS) is 12.7. The fourth-order valence-corrected chi connectivity index (χ4v) is 11.1. The fourth-order valence-electron chi connectivity index (χ4n) is 10.4. The Kier molecular flexibility index (Phi) is 68.4. The van der Waals surface area contributed by atoms with Gasteiger partial charge in [0.1, 0.15) is 0 Å². The molecule has 0 N–H and O–H groups in total. The van der Waals surface area contributed by atoms with Gasteiger partial charge in [-0.1, -0.05) is 349 Å². The van der Waals surface area contributed by atoms with E-state index in [-0.39, 0.29) is 62.8 Å². The summed E-state index contributed by atoms with van der Waals surface area (Å²) in [4.78, 5) is 0. The first kappa shape index (κ1) is 78.2. The van der Waals surface area contributed by atoms with Crippen LogP contribution < -0.4 is 0 Å². The molecule has 0 radical (unpaired) electrons. The summed E-state index contributed by atoms with van der Waals surface area (Å²) in [6.45, 7) is 9.17. The third-order valence-corrected chi connectivity index (χ3v) is 16.1. The average molecular weight is 1100 g/mol. The first-order valence-electron chi connectivity index (χ1n) is 32.2. The van der Waals surface area contributed by atoms with Gasteiger partial charge in [0.25, 0.3) is 0 Å². The summed E-state index contributed by atoms with van der Waals surface area (Å²) < 4.78 is 74.5. The van der Waals surface area contributed by atoms with Gasteiger partial charge in [0.2, 0.25) is 20.8 Å². The number of rotatable bonds is 60. The third-order valence-electron chi connectivity index (χ3n) is 15.3. The molecule has 0 spiro atoms. The van der Waals surface area contributed by atoms with Crippen LogP contribution in [0.1, 0.15) is 374 Å². The molecule has 436 valence electrons. The second kappa shape index (κ2) is 63.8. The Labute approximate surface area is 488 Å². The molecule has 8 nitrogen and oxygen atoms in total. The van der Waals surface area contributed by atoms with Crippen molar-refractivity contribution in [2.75, 3.05) is 13.2 Å². The van der Waals surface area contributed by atoms with E-state index in [1.807, 2.05) is 0 Å². The third kappa shape index (κ3) is 73.0. The summed E-state index contributed by atoms with van der Waals surface area (Å²) in [6, 6.07) is 0. The van der Waals surface area contributed by atoms with E-state index in [1.54, 1.807) is 0 Å². The predicted molar refractivity (Wildman–Crippen MR) is 316 cm³/mol. The minimum atomic E-state index is -4.58. The van der Waals surface area contributed by atoms with E-state index < -0.39 is 20.8 Å². The predicted octanol–water partition coefficient (Wildman–Crippen LogP) is 20.9. The second-order valence-electron chi connectivity index (χ2n) is 22.5. The monoisotopic (exact) mass is 1100 g/mol. The van der Waals surface area contributed by atoms with Crippen molar-refractivity contribution < 1.29 is 34.3 Å². The summed E-state index contributed by atoms with van der Waals surface area (Å²) in [5, 5.41) is 0. The Morgan fingerprint density at radius 1 is 0.247 bits per heavy atom. The van der Waals surface area contributed by atoms with Crippen molar-refractivity contribution in [3.8, 4) is 0 Å². The van der Waals surface area contributed by atoms with Crippen LogP contribution in [0, 0.1) is 11.8 Å². The van der Waals surface area contributed by atoms with Gasteiger partial charge < -0.3 is 9.11 Å². The van der Waals surface area contributed by atoms with Crippen LogP contribution in [0.15, 0.2) is 0 Å². The first-order valence-corrected chi connectivity index (χ1v) is 34.9. The van der Waals surface area contributed by atoms with Gasteiger partial charge in [-0.3, -0.25) is 8.37 Å². The topological polar surface area (TPSA) is 133 Å². The Morgan fingerprint density at radius 2 is 0.370 bits per heavy atom. The summed E-state index contributed by atoms with van der Waals surface area (Å²) in [7, 11) is -9.16. The van der Waals surface area contributed by atoms with Crippen LogP contribution in [0.25, 0.3) is 0 Å². The average Bonchev–Trinajstić information content (AvgIpc) is 3.35. The molecule has 11 heteroatoms. The molecule has 2 atom stereocenters. The second-order valence-corrected chi connectivity index (χ2v) is 24.6. The standard InChI is InChI=1S/2C31H64O4S.Ca/c2*1-3-5-7-9-11-12-13-14-15-16-17-18-19-20-21-23-25-27-29-31(30-35-36(32,33)34)28-26-24-22-10-8-6-4-2;/h2*31H,3-30H2,1-2H3,(H,32,33,34);/q;;+2/p-2. The molecular weight excluding hydrogens is 977 g/mol. The van der Waals surface area contributed by atoms with Gasteiger partial charge in [-0.05, 0) is 37.5 Å². The van der Waals surface area contributed by atoms with E-state index in [0.29, 0.717) is 0 Å². The van der Waals surface area contributed by atoms with E-state index >= 15 is 0 Å². The van der Waals surface area contributed by atoms with Crippen LogP contribution in [0.3, 0.4) is 0 Å². The van der Waals surface area contributed by atoms with Gasteiger partial charge in [0, 0.05) is 0 Å². The zero-order chi connectivity index (χ0) is 53.2. The van der Waals surface area contributed by atoms with Gasteiger partial charge >= 0.3 is 37.7 Å². The minimum absolute atomic E-state index is 0. The molecule has 0 aliphatic heterocycles. The van der Waals surface area contributed by atoms with Crippen molar-refractivity contribution in [3.05, 3.63) is 0 Å². The molecule has 0 aromatic carbocycles. The van der Waals surface area contributed by atoms with Crippen LogP contribution in [-0.4, -0.2) is 76.9 Å². The van der Waals surface area contributed by atoms with Crippen molar-refractivity contribution in [2.24, 2.45) is 11.8 Å². The molecule has 0 aromatic heterocycles. The van der Waals surface area contributed by atoms with Gasteiger partial charge in [-0.15, -0.1) is 0 Å². The molecule has 0 fully saturated rings. The van der Waals surface area contributed by atoms with Crippen LogP contribution in [0.2, 0.25) is 0 Å². The molecule has 0 aliphatic rings. The van der Waals surface area contributed by atoms with Crippen LogP contribution in [0.5, 0.6) is 0 Å². The number of hydrogen-bond acceptors (Lipinski definition) is 8. The number of unbranched alkanes of at least 4 members (excludes halogenated alkanes) is 46. The van der Waals surface area contributed by atoms with Gasteiger partial charge in [0.15, 0.2) is 0 Å². The molecule has 0 saturated heterocycles. The summed E-state index contributed by atoms with van der Waals surface area (Å²) in [5.41, 5.74) is 0. The minimum Gasteiger partial charge on any atom is -0.726 e. The molecule has 2 unspecified atom stereocenters. The fraction of sp³-hybridized carbons (Fsp3) is 1.00. The molecule has 0 heterocycles. The zero-order valence-corrected chi connectivity index (χ0v) is 53.4. The molecule has 0 rings (SSSR count). The smallest absolute Gasteiger partial charge is 0.726 e. The summed E-state index contributed by atoms with van der Waals surface area (Å²) in [6.07, 6.45) is 70.6. The Hall–Kier alpha value is 1.000. The van der Waals surface area contributed by atoms with Gasteiger partial charge in [0.05, 0.1) is 13.2 Å². The SMILES string of the molecule is CCCCCCCCCCCCCCCCCCCCC(CCCCCCCCC)COS(=O)(=O)[O-].CCCCCCCCCCCCCCCCCCCCC(CCCCCCCCC)COS(=O)(=O)[O-].[Ca+2]. The maximum absolute atomic E-state index is 10.9.